The molecule has 0 aromatic heterocycles. The molecule has 0 bridgehead atoms. The molecule has 62 valence electrons. The Morgan fingerprint density at radius 1 is 1.55 bits per heavy atom. The average molecular weight is 152 g/mol. The van der Waals surface area contributed by atoms with Gasteiger partial charge in [0.05, 0.1) is 12.0 Å². The zero-order valence-corrected chi connectivity index (χ0v) is 7.59. The molecule has 11 heavy (non-hydrogen) atoms. The van der Waals surface area contributed by atoms with Crippen LogP contribution in [0.2, 0.25) is 0 Å². The minimum absolute atomic E-state index is 0.186. The zero-order valence-electron chi connectivity index (χ0n) is 7.59. The van der Waals surface area contributed by atoms with Crippen molar-refractivity contribution < 1.29 is 0 Å². The van der Waals surface area contributed by atoms with Crippen molar-refractivity contribution in [2.75, 3.05) is 19.6 Å². The predicted molar refractivity (Wildman–Crippen MR) is 45.0 cm³/mol. The first-order chi connectivity index (χ1) is 5.03. The molecule has 0 radical (unpaired) electrons. The first kappa shape index (κ1) is 8.55. The highest BCUT2D eigenvalue weighted by molar-refractivity contribution is 4.91. The minimum Gasteiger partial charge on any atom is -0.301 e. The van der Waals surface area contributed by atoms with E-state index >= 15 is 0 Å². The summed E-state index contributed by atoms with van der Waals surface area (Å²) < 4.78 is 0. The molecule has 1 aliphatic rings. The highest BCUT2D eigenvalue weighted by Gasteiger charge is 2.34. The van der Waals surface area contributed by atoms with E-state index in [0.29, 0.717) is 5.41 Å². The van der Waals surface area contributed by atoms with Crippen molar-refractivity contribution in [2.24, 2.45) is 11.3 Å². The number of hydrogen-bond donors (Lipinski definition) is 0. The molecule has 1 unspecified atom stereocenters. The van der Waals surface area contributed by atoms with Crippen LogP contribution in [-0.2, 0) is 0 Å². The minimum atomic E-state index is 0.186. The lowest BCUT2D eigenvalue weighted by molar-refractivity contribution is 0.0253. The van der Waals surface area contributed by atoms with E-state index in [9.17, 15) is 0 Å². The fourth-order valence-corrected chi connectivity index (χ4v) is 1.72. The molecular weight excluding hydrogens is 136 g/mol. The molecule has 2 heteroatoms. The van der Waals surface area contributed by atoms with Gasteiger partial charge >= 0.3 is 0 Å². The molecular formula is C9H16N2. The van der Waals surface area contributed by atoms with E-state index in [1.807, 2.05) is 6.92 Å². The van der Waals surface area contributed by atoms with Crippen LogP contribution >= 0.6 is 0 Å². The maximum absolute atomic E-state index is 8.56. The number of rotatable bonds is 2. The van der Waals surface area contributed by atoms with Gasteiger partial charge in [-0.05, 0) is 12.3 Å². The molecule has 1 atom stereocenters. The lowest BCUT2D eigenvalue weighted by Gasteiger charge is -2.46. The Kier molecular flexibility index (Phi) is 2.20. The summed E-state index contributed by atoms with van der Waals surface area (Å²) >= 11 is 0. The molecule has 0 N–H and O–H groups in total. The van der Waals surface area contributed by atoms with E-state index in [1.54, 1.807) is 0 Å². The van der Waals surface area contributed by atoms with Crippen molar-refractivity contribution in [2.45, 2.75) is 20.8 Å². The van der Waals surface area contributed by atoms with E-state index in [4.69, 9.17) is 5.26 Å². The number of hydrogen-bond acceptors (Lipinski definition) is 2. The van der Waals surface area contributed by atoms with Crippen LogP contribution in [0.3, 0.4) is 0 Å². The van der Waals surface area contributed by atoms with E-state index in [2.05, 4.69) is 24.8 Å². The van der Waals surface area contributed by atoms with Crippen molar-refractivity contribution in [1.29, 1.82) is 5.26 Å². The Hall–Kier alpha value is -0.550. The summed E-state index contributed by atoms with van der Waals surface area (Å²) in [6, 6.07) is 2.25. The molecule has 0 aliphatic carbocycles. The highest BCUT2D eigenvalue weighted by Crippen LogP contribution is 2.28. The van der Waals surface area contributed by atoms with Crippen LogP contribution < -0.4 is 0 Å². The van der Waals surface area contributed by atoms with Crippen LogP contribution in [-0.4, -0.2) is 24.5 Å². The predicted octanol–water partition coefficient (Wildman–Crippen LogP) is 1.49. The average Bonchev–Trinajstić information content (AvgIpc) is 1.83. The monoisotopic (exact) mass is 152 g/mol. The number of nitriles is 1. The standard InChI is InChI=1S/C9H16N2/c1-8(4-10)5-11-6-9(2,3)7-11/h8H,5-7H2,1-3H3. The topological polar surface area (TPSA) is 27.0 Å². The molecule has 1 rings (SSSR count). The SMILES string of the molecule is CC(C#N)CN1CC(C)(C)C1. The van der Waals surface area contributed by atoms with Crippen molar-refractivity contribution in [1.82, 2.24) is 4.90 Å². The third kappa shape index (κ3) is 2.20. The van der Waals surface area contributed by atoms with Crippen LogP contribution in [0.25, 0.3) is 0 Å². The first-order valence-electron chi connectivity index (χ1n) is 4.15. The molecule has 0 spiro atoms. The summed E-state index contributed by atoms with van der Waals surface area (Å²) in [5.41, 5.74) is 0.495. The van der Waals surface area contributed by atoms with Crippen LogP contribution in [0.15, 0.2) is 0 Å². The van der Waals surface area contributed by atoms with Gasteiger partial charge in [-0.3, -0.25) is 0 Å². The lowest BCUT2D eigenvalue weighted by atomic mass is 9.84. The zero-order chi connectivity index (χ0) is 8.48. The molecule has 1 heterocycles. The van der Waals surface area contributed by atoms with Crippen molar-refractivity contribution in [3.8, 4) is 6.07 Å². The van der Waals surface area contributed by atoms with Crippen molar-refractivity contribution in [3.63, 3.8) is 0 Å². The van der Waals surface area contributed by atoms with Crippen LogP contribution in [0.4, 0.5) is 0 Å². The van der Waals surface area contributed by atoms with Crippen LogP contribution in [0, 0.1) is 22.7 Å². The van der Waals surface area contributed by atoms with Gasteiger partial charge in [0.25, 0.3) is 0 Å². The maximum atomic E-state index is 8.56. The third-order valence-electron chi connectivity index (χ3n) is 2.06. The largest absolute Gasteiger partial charge is 0.301 e. The van der Waals surface area contributed by atoms with Crippen molar-refractivity contribution >= 4 is 0 Å². The Morgan fingerprint density at radius 3 is 2.45 bits per heavy atom. The maximum Gasteiger partial charge on any atom is 0.0666 e. The summed E-state index contributed by atoms with van der Waals surface area (Å²) in [4.78, 5) is 2.34. The molecule has 0 saturated carbocycles. The second kappa shape index (κ2) is 2.83. The Labute approximate surface area is 68.8 Å². The second-order valence-corrected chi connectivity index (χ2v) is 4.36. The number of nitrogens with zero attached hydrogens (tertiary/aromatic N) is 2. The summed E-state index contributed by atoms with van der Waals surface area (Å²) in [6.07, 6.45) is 0. The Balaban J connectivity index is 2.20. The molecule has 0 aromatic rings. The van der Waals surface area contributed by atoms with Gasteiger partial charge in [0, 0.05) is 19.6 Å². The van der Waals surface area contributed by atoms with E-state index in [1.165, 1.54) is 0 Å². The van der Waals surface area contributed by atoms with Gasteiger partial charge in [0.15, 0.2) is 0 Å². The van der Waals surface area contributed by atoms with Gasteiger partial charge in [-0.15, -0.1) is 0 Å². The summed E-state index contributed by atoms with van der Waals surface area (Å²) in [5, 5.41) is 8.56. The summed E-state index contributed by atoms with van der Waals surface area (Å²) in [6.45, 7) is 9.75. The van der Waals surface area contributed by atoms with Crippen molar-refractivity contribution in [3.05, 3.63) is 0 Å². The molecule has 2 nitrogen and oxygen atoms in total. The molecule has 0 aromatic carbocycles. The second-order valence-electron chi connectivity index (χ2n) is 4.36. The van der Waals surface area contributed by atoms with Gasteiger partial charge in [0.1, 0.15) is 0 Å². The smallest absolute Gasteiger partial charge is 0.0666 e. The number of likely N-dealkylation sites (tertiary alicyclic amines) is 1. The molecule has 0 amide bonds. The van der Waals surface area contributed by atoms with E-state index < -0.39 is 0 Å². The lowest BCUT2D eigenvalue weighted by Crippen LogP contribution is -2.53. The highest BCUT2D eigenvalue weighted by atomic mass is 15.2. The normalized spacial score (nSPS) is 25.3. The molecule has 1 saturated heterocycles. The van der Waals surface area contributed by atoms with Gasteiger partial charge in [-0.1, -0.05) is 13.8 Å². The molecule has 1 aliphatic heterocycles. The first-order valence-corrected chi connectivity index (χ1v) is 4.15. The van der Waals surface area contributed by atoms with E-state index in [0.717, 1.165) is 19.6 Å². The fraction of sp³-hybridized carbons (Fsp3) is 0.889. The van der Waals surface area contributed by atoms with E-state index in [-0.39, 0.29) is 5.92 Å². The quantitative estimate of drug-likeness (QED) is 0.599. The molecule has 1 fully saturated rings. The van der Waals surface area contributed by atoms with Crippen LogP contribution in [0.1, 0.15) is 20.8 Å². The van der Waals surface area contributed by atoms with Gasteiger partial charge in [0.2, 0.25) is 0 Å². The summed E-state index contributed by atoms with van der Waals surface area (Å²) in [5.74, 6) is 0.186. The van der Waals surface area contributed by atoms with Gasteiger partial charge < -0.3 is 4.90 Å². The van der Waals surface area contributed by atoms with Gasteiger partial charge in [-0.2, -0.15) is 5.26 Å². The Morgan fingerprint density at radius 2 is 2.09 bits per heavy atom. The fourth-order valence-electron chi connectivity index (χ4n) is 1.72. The summed E-state index contributed by atoms with van der Waals surface area (Å²) in [7, 11) is 0. The van der Waals surface area contributed by atoms with Crippen LogP contribution in [0.5, 0.6) is 0 Å². The van der Waals surface area contributed by atoms with Gasteiger partial charge in [-0.25, -0.2) is 0 Å². The Bertz CT molecular complexity index is 170. The third-order valence-corrected chi connectivity index (χ3v) is 2.06.